The van der Waals surface area contributed by atoms with Crippen molar-refractivity contribution >= 4 is 346 Å². The third-order valence-corrected chi connectivity index (χ3v) is 15.8. The number of benzene rings is 6. The lowest BCUT2D eigenvalue weighted by atomic mass is 9.37. The molecule has 3 fully saturated rings. The third kappa shape index (κ3) is 6.83. The standard InChI is InChI=1S/C42H12B26O/c43-15-9(22(50)23(51)13-12(15)26(54)33(61)34(62)27(13)55)1-3-5(19(47)31(59)29(57)17(3)45)2(6-4(1)18(46)30(58)32(60)20(6)48)10-16(44)14-8-7(11-24(52)35(63)38(66)36(64)25(11)53)21(49)37(65)40(68)41(8)69-42(14)39(67)28(10)56/h7-8,10,14,16,21,28,37,39-42H. The summed E-state index contributed by atoms with van der Waals surface area (Å²) >= 11 is 0. The van der Waals surface area contributed by atoms with Crippen molar-refractivity contribution in [3.63, 3.8) is 0 Å². The second-order valence-electron chi connectivity index (χ2n) is 18.8. The van der Waals surface area contributed by atoms with E-state index in [0.29, 0.717) is 0 Å². The highest BCUT2D eigenvalue weighted by Gasteiger charge is 2.61. The van der Waals surface area contributed by atoms with E-state index in [-0.39, 0.29) is 164 Å². The van der Waals surface area contributed by atoms with E-state index < -0.39 is 70.8 Å². The van der Waals surface area contributed by atoms with Crippen molar-refractivity contribution in [2.24, 2.45) is 11.8 Å². The van der Waals surface area contributed by atoms with E-state index in [2.05, 4.69) is 0 Å². The molecule has 2 saturated carbocycles. The van der Waals surface area contributed by atoms with Gasteiger partial charge in [-0.15, -0.1) is 60.1 Å². The summed E-state index contributed by atoms with van der Waals surface area (Å²) in [4.78, 5) is 0. The highest BCUT2D eigenvalue weighted by Crippen LogP contribution is 2.68. The average Bonchev–Trinajstić information content (AvgIpc) is 3.72. The van der Waals surface area contributed by atoms with Gasteiger partial charge in [0.05, 0.1) is 59.3 Å². The van der Waals surface area contributed by atoms with Crippen molar-refractivity contribution in [3.8, 4) is 11.1 Å². The molecule has 1 nitrogen and oxygen atoms in total. The highest BCUT2D eigenvalue weighted by atomic mass is 16.5. The molecule has 264 valence electrons. The predicted molar refractivity (Wildman–Crippen MR) is 317 cm³/mol. The monoisotopic (exact) mass is 818 g/mol. The number of fused-ring (bicyclic) bond motifs is 6. The Kier molecular flexibility index (Phi) is 13.3. The Labute approximate surface area is 440 Å². The molecule has 1 saturated heterocycles. The van der Waals surface area contributed by atoms with Gasteiger partial charge in [-0.05, 0) is 72.7 Å². The summed E-state index contributed by atoms with van der Waals surface area (Å²) in [5.41, 5.74) is -0.737. The Balaban J connectivity index is 1.44. The SMILES string of the molecule is [B]c1c([B])c([B])c(C2C([B])C([B])C([B])C3OC4C([B])C([B])C(c5c6c([B])c([B])c([B])c([B])c6c(-c6c([B])c([B])c7c([B])c([B])c([B])c([B])c7c6[B])c6c([B])c([B])c([B])c([B])c56)C([B])C4C32)c([B])c1[B]. The van der Waals surface area contributed by atoms with Crippen LogP contribution in [-0.2, 0) is 4.74 Å². The maximum atomic E-state index is 7.69. The van der Waals surface area contributed by atoms with Gasteiger partial charge in [0.15, 0.2) is 0 Å². The predicted octanol–water partition coefficient (Wildman–Crippen LogP) is -15.7. The molecule has 69 heavy (non-hydrogen) atoms. The first kappa shape index (κ1) is 51.6. The van der Waals surface area contributed by atoms with Gasteiger partial charge in [-0.1, -0.05) is 89.6 Å². The topological polar surface area (TPSA) is 9.23 Å². The molecule has 1 heterocycles. The van der Waals surface area contributed by atoms with Gasteiger partial charge in [-0.25, -0.2) is 0 Å². The van der Waals surface area contributed by atoms with Gasteiger partial charge in [0, 0.05) is 0 Å². The van der Waals surface area contributed by atoms with Crippen molar-refractivity contribution in [3.05, 3.63) is 11.1 Å². The number of hydrogen-bond donors (Lipinski definition) is 0. The van der Waals surface area contributed by atoms with Gasteiger partial charge in [-0.2, -0.15) is 0 Å². The van der Waals surface area contributed by atoms with Crippen LogP contribution in [0.5, 0.6) is 0 Å². The molecular weight excluding hydrogens is 802 g/mol. The fourth-order valence-corrected chi connectivity index (χ4v) is 12.1. The van der Waals surface area contributed by atoms with E-state index in [1.165, 1.54) is 0 Å². The van der Waals surface area contributed by atoms with E-state index in [0.717, 1.165) is 0 Å². The minimum Gasteiger partial charge on any atom is -0.375 e. The van der Waals surface area contributed by atoms with E-state index in [9.17, 15) is 0 Å². The van der Waals surface area contributed by atoms with Crippen LogP contribution in [0.1, 0.15) is 23.0 Å². The minimum atomic E-state index is -1.09. The van der Waals surface area contributed by atoms with Crippen molar-refractivity contribution in [1.29, 1.82) is 0 Å². The Hall–Kier alpha value is -2.25. The smallest absolute Gasteiger partial charge is 0.115 e. The summed E-state index contributed by atoms with van der Waals surface area (Å²) in [6.07, 6.45) is -1.72. The molecule has 0 bridgehead atoms. The van der Waals surface area contributed by atoms with E-state index in [1.807, 2.05) is 0 Å². The number of hydrogen-bond acceptors (Lipinski definition) is 1. The molecule has 27 heteroatoms. The molecule has 3 aliphatic rings. The molecule has 0 amide bonds. The number of ether oxygens (including phenoxy) is 1. The third-order valence-electron chi connectivity index (χ3n) is 15.8. The second-order valence-corrected chi connectivity index (χ2v) is 18.8. The second kappa shape index (κ2) is 17.7. The van der Waals surface area contributed by atoms with Crippen LogP contribution in [0.4, 0.5) is 0 Å². The molecule has 0 N–H and O–H groups in total. The van der Waals surface area contributed by atoms with E-state index in [4.69, 9.17) is 209 Å². The zero-order chi connectivity index (χ0) is 51.0. The fraction of sp³-hybridized carbons (Fsp3) is 0.286. The molecule has 12 unspecified atom stereocenters. The highest BCUT2D eigenvalue weighted by molar-refractivity contribution is 6.75. The lowest BCUT2D eigenvalue weighted by molar-refractivity contribution is 0.00422. The maximum absolute atomic E-state index is 7.69. The van der Waals surface area contributed by atoms with Crippen LogP contribution in [-0.4, -0.2) is 216 Å². The normalized spacial score (nSPS) is 27.7. The van der Waals surface area contributed by atoms with Crippen LogP contribution in [0, 0.1) is 11.8 Å². The van der Waals surface area contributed by atoms with Crippen LogP contribution in [0.15, 0.2) is 0 Å². The Morgan fingerprint density at radius 1 is 0.217 bits per heavy atom. The first-order valence-electron chi connectivity index (χ1n) is 21.7. The lowest BCUT2D eigenvalue weighted by Crippen LogP contribution is -2.58. The summed E-state index contributed by atoms with van der Waals surface area (Å²) in [6.45, 7) is 0. The van der Waals surface area contributed by atoms with E-state index in [1.54, 1.807) is 0 Å². The lowest BCUT2D eigenvalue weighted by Gasteiger charge is -2.54. The quantitative estimate of drug-likeness (QED) is 0.128. The summed E-state index contributed by atoms with van der Waals surface area (Å²) in [5, 5.41) is 0.698. The molecule has 2 aliphatic carbocycles. The fourth-order valence-electron chi connectivity index (χ4n) is 12.1. The summed E-state index contributed by atoms with van der Waals surface area (Å²) < 4.78 is 6.81. The molecule has 52 radical (unpaired) electrons. The first-order valence-corrected chi connectivity index (χ1v) is 21.7. The molecule has 9 rings (SSSR count). The van der Waals surface area contributed by atoms with Crippen molar-refractivity contribution < 1.29 is 4.74 Å². The number of rotatable bonds is 3. The summed E-state index contributed by atoms with van der Waals surface area (Å²) in [7, 11) is 178. The largest absolute Gasteiger partial charge is 0.375 e. The Morgan fingerprint density at radius 3 is 0.986 bits per heavy atom. The maximum Gasteiger partial charge on any atom is 0.115 e. The van der Waals surface area contributed by atoms with Crippen molar-refractivity contribution in [1.82, 2.24) is 0 Å². The molecule has 6 aromatic carbocycles. The zero-order valence-electron chi connectivity index (χ0n) is 37.3. The molecular formula is C42H12B26O. The molecule has 0 spiro atoms. The van der Waals surface area contributed by atoms with Crippen molar-refractivity contribution in [2.45, 2.75) is 58.9 Å². The first-order chi connectivity index (χ1) is 32.2. The van der Waals surface area contributed by atoms with Gasteiger partial charge >= 0.3 is 0 Å². The van der Waals surface area contributed by atoms with Crippen LogP contribution in [0.2, 0.25) is 34.9 Å². The van der Waals surface area contributed by atoms with Crippen LogP contribution < -0.4 is 109 Å². The Morgan fingerprint density at radius 2 is 0.536 bits per heavy atom. The van der Waals surface area contributed by atoms with Gasteiger partial charge in [-0.3, -0.25) is 0 Å². The molecule has 6 aromatic rings. The van der Waals surface area contributed by atoms with Crippen molar-refractivity contribution in [2.75, 3.05) is 0 Å². The Bertz CT molecular complexity index is 3180. The van der Waals surface area contributed by atoms with Crippen LogP contribution >= 0.6 is 0 Å². The minimum absolute atomic E-state index is 0.00859. The van der Waals surface area contributed by atoms with Gasteiger partial charge in [0.1, 0.15) is 157 Å². The van der Waals surface area contributed by atoms with E-state index >= 15 is 0 Å². The summed E-state index contributed by atoms with van der Waals surface area (Å²) in [6, 6.07) is 0. The van der Waals surface area contributed by atoms with Crippen LogP contribution in [0.3, 0.4) is 0 Å². The molecule has 12 atom stereocenters. The van der Waals surface area contributed by atoms with Gasteiger partial charge in [0.25, 0.3) is 0 Å². The molecule has 1 aliphatic heterocycles. The molecule has 0 aromatic heterocycles. The average molecular weight is 814 g/mol. The van der Waals surface area contributed by atoms with Crippen LogP contribution in [0.25, 0.3) is 43.4 Å². The summed E-state index contributed by atoms with van der Waals surface area (Å²) in [5.74, 6) is -9.26. The van der Waals surface area contributed by atoms with Gasteiger partial charge in [0.2, 0.25) is 0 Å². The zero-order valence-corrected chi connectivity index (χ0v) is 37.3. The van der Waals surface area contributed by atoms with Gasteiger partial charge < -0.3 is 4.74 Å².